The zero-order chi connectivity index (χ0) is 13.4. The topological polar surface area (TPSA) is 45.0 Å². The summed E-state index contributed by atoms with van der Waals surface area (Å²) in [5, 5.41) is 11.2. The zero-order valence-electron chi connectivity index (χ0n) is 10.3. The molecule has 0 bridgehead atoms. The molecule has 1 N–H and O–H groups in total. The molecule has 0 radical (unpaired) electrons. The van der Waals surface area contributed by atoms with Crippen LogP contribution in [-0.2, 0) is 4.74 Å². The van der Waals surface area contributed by atoms with Crippen LogP contribution < -0.4 is 5.32 Å². The van der Waals surface area contributed by atoms with E-state index in [0.717, 1.165) is 25.0 Å². The Morgan fingerprint density at radius 2 is 1.94 bits per heavy atom. The number of ether oxygens (including phenoxy) is 1. The third-order valence-corrected chi connectivity index (χ3v) is 2.36. The summed E-state index contributed by atoms with van der Waals surface area (Å²) in [6.45, 7) is 3.42. The molecule has 0 saturated heterocycles. The number of unbranched alkanes of at least 4 members (excludes halogenated alkanes) is 1. The van der Waals surface area contributed by atoms with Gasteiger partial charge in [-0.25, -0.2) is 8.78 Å². The summed E-state index contributed by atoms with van der Waals surface area (Å²) in [6.07, 6.45) is 2.02. The quantitative estimate of drug-likeness (QED) is 0.760. The van der Waals surface area contributed by atoms with Crippen molar-refractivity contribution < 1.29 is 13.5 Å². The number of hydrogen-bond acceptors (Lipinski definition) is 3. The molecule has 0 aliphatic carbocycles. The Labute approximate surface area is 105 Å². The van der Waals surface area contributed by atoms with Crippen LogP contribution in [0.15, 0.2) is 12.1 Å². The number of nitrogens with one attached hydrogen (secondary N) is 1. The number of anilines is 1. The van der Waals surface area contributed by atoms with Gasteiger partial charge < -0.3 is 10.1 Å². The first-order valence-corrected chi connectivity index (χ1v) is 5.89. The molecule has 0 unspecified atom stereocenters. The van der Waals surface area contributed by atoms with Crippen molar-refractivity contribution in [3.8, 4) is 6.07 Å². The normalized spacial score (nSPS) is 10.1. The number of halogens is 2. The SMILES string of the molecule is CCCCOCCNc1c(F)cc(C#N)cc1F. The molecule has 0 atom stereocenters. The Balaban J connectivity index is 2.45. The Morgan fingerprint density at radius 3 is 2.50 bits per heavy atom. The fourth-order valence-corrected chi connectivity index (χ4v) is 1.40. The van der Waals surface area contributed by atoms with Crippen LogP contribution in [0.25, 0.3) is 0 Å². The lowest BCUT2D eigenvalue weighted by atomic mass is 10.2. The van der Waals surface area contributed by atoms with E-state index >= 15 is 0 Å². The third kappa shape index (κ3) is 4.30. The molecule has 0 saturated carbocycles. The van der Waals surface area contributed by atoms with Crippen LogP contribution in [0.5, 0.6) is 0 Å². The van der Waals surface area contributed by atoms with Crippen molar-refractivity contribution >= 4 is 5.69 Å². The number of benzene rings is 1. The minimum Gasteiger partial charge on any atom is -0.380 e. The average Bonchev–Trinajstić information content (AvgIpc) is 2.35. The number of rotatable bonds is 7. The Hall–Kier alpha value is -1.67. The fourth-order valence-electron chi connectivity index (χ4n) is 1.40. The number of nitrogens with zero attached hydrogens (tertiary/aromatic N) is 1. The maximum absolute atomic E-state index is 13.4. The molecule has 0 aliphatic rings. The maximum Gasteiger partial charge on any atom is 0.150 e. The van der Waals surface area contributed by atoms with Crippen molar-refractivity contribution in [2.75, 3.05) is 25.1 Å². The monoisotopic (exact) mass is 254 g/mol. The molecule has 0 heterocycles. The van der Waals surface area contributed by atoms with Crippen molar-refractivity contribution in [3.63, 3.8) is 0 Å². The molecule has 1 aromatic rings. The van der Waals surface area contributed by atoms with Crippen LogP contribution in [-0.4, -0.2) is 19.8 Å². The molecule has 3 nitrogen and oxygen atoms in total. The van der Waals surface area contributed by atoms with Gasteiger partial charge in [0.15, 0.2) is 11.6 Å². The first kappa shape index (κ1) is 14.4. The van der Waals surface area contributed by atoms with E-state index in [1.807, 2.05) is 0 Å². The Kier molecular flexibility index (Phi) is 6.09. The van der Waals surface area contributed by atoms with Crippen molar-refractivity contribution in [2.45, 2.75) is 19.8 Å². The Bertz CT molecular complexity index is 406. The van der Waals surface area contributed by atoms with E-state index in [-0.39, 0.29) is 11.3 Å². The molecule has 0 fully saturated rings. The zero-order valence-corrected chi connectivity index (χ0v) is 10.3. The van der Waals surface area contributed by atoms with Gasteiger partial charge in [-0.1, -0.05) is 13.3 Å². The van der Waals surface area contributed by atoms with E-state index in [2.05, 4.69) is 12.2 Å². The van der Waals surface area contributed by atoms with Crippen LogP contribution in [0, 0.1) is 23.0 Å². The smallest absolute Gasteiger partial charge is 0.150 e. The third-order valence-electron chi connectivity index (χ3n) is 2.36. The summed E-state index contributed by atoms with van der Waals surface area (Å²) in [7, 11) is 0. The predicted molar refractivity (Wildman–Crippen MR) is 65.3 cm³/mol. The molecule has 1 aromatic carbocycles. The van der Waals surface area contributed by atoms with Gasteiger partial charge in [-0.15, -0.1) is 0 Å². The van der Waals surface area contributed by atoms with E-state index in [0.29, 0.717) is 19.8 Å². The molecule has 98 valence electrons. The second-order valence-electron chi connectivity index (χ2n) is 3.82. The maximum atomic E-state index is 13.4. The summed E-state index contributed by atoms with van der Waals surface area (Å²) in [6, 6.07) is 3.70. The molecule has 1 rings (SSSR count). The van der Waals surface area contributed by atoms with Crippen molar-refractivity contribution in [2.24, 2.45) is 0 Å². The van der Waals surface area contributed by atoms with Gasteiger partial charge in [0.1, 0.15) is 5.69 Å². The van der Waals surface area contributed by atoms with Gasteiger partial charge in [-0.05, 0) is 18.6 Å². The number of nitriles is 1. The Morgan fingerprint density at radius 1 is 1.28 bits per heavy atom. The standard InChI is InChI=1S/C13H16F2N2O/c1-2-3-5-18-6-4-17-13-11(14)7-10(9-16)8-12(13)15/h7-8,17H,2-6H2,1H3. The highest BCUT2D eigenvalue weighted by Crippen LogP contribution is 2.20. The van der Waals surface area contributed by atoms with Gasteiger partial charge in [0.2, 0.25) is 0 Å². The largest absolute Gasteiger partial charge is 0.380 e. The van der Waals surface area contributed by atoms with Crippen LogP contribution in [0.4, 0.5) is 14.5 Å². The van der Waals surface area contributed by atoms with Crippen molar-refractivity contribution in [1.82, 2.24) is 0 Å². The van der Waals surface area contributed by atoms with Gasteiger partial charge in [-0.3, -0.25) is 0 Å². The van der Waals surface area contributed by atoms with E-state index in [1.165, 1.54) is 0 Å². The molecule has 5 heteroatoms. The highest BCUT2D eigenvalue weighted by molar-refractivity contribution is 5.50. The van der Waals surface area contributed by atoms with Crippen LogP contribution in [0.1, 0.15) is 25.3 Å². The minimum atomic E-state index is -0.764. The van der Waals surface area contributed by atoms with Gasteiger partial charge in [-0.2, -0.15) is 5.26 Å². The molecular formula is C13H16F2N2O. The molecule has 0 aromatic heterocycles. The van der Waals surface area contributed by atoms with E-state index in [4.69, 9.17) is 10.00 Å². The first-order chi connectivity index (χ1) is 8.69. The second-order valence-corrected chi connectivity index (χ2v) is 3.82. The summed E-state index contributed by atoms with van der Waals surface area (Å²) >= 11 is 0. The van der Waals surface area contributed by atoms with E-state index in [9.17, 15) is 8.78 Å². The summed E-state index contributed by atoms with van der Waals surface area (Å²) < 4.78 is 32.1. The summed E-state index contributed by atoms with van der Waals surface area (Å²) in [5.74, 6) is -1.53. The molecule has 0 spiro atoms. The molecule has 0 amide bonds. The van der Waals surface area contributed by atoms with Crippen molar-refractivity contribution in [3.05, 3.63) is 29.3 Å². The summed E-state index contributed by atoms with van der Waals surface area (Å²) in [5.41, 5.74) is -0.247. The highest BCUT2D eigenvalue weighted by atomic mass is 19.1. The predicted octanol–water partition coefficient (Wildman–Crippen LogP) is 3.07. The first-order valence-electron chi connectivity index (χ1n) is 5.89. The minimum absolute atomic E-state index is 0.0326. The summed E-state index contributed by atoms with van der Waals surface area (Å²) in [4.78, 5) is 0. The lowest BCUT2D eigenvalue weighted by molar-refractivity contribution is 0.141. The fraction of sp³-hybridized carbons (Fsp3) is 0.462. The number of hydrogen-bond donors (Lipinski definition) is 1. The van der Waals surface area contributed by atoms with Crippen molar-refractivity contribution in [1.29, 1.82) is 5.26 Å². The molecular weight excluding hydrogens is 238 g/mol. The highest BCUT2D eigenvalue weighted by Gasteiger charge is 2.10. The van der Waals surface area contributed by atoms with Gasteiger partial charge in [0, 0.05) is 13.2 Å². The van der Waals surface area contributed by atoms with Gasteiger partial charge >= 0.3 is 0 Å². The van der Waals surface area contributed by atoms with Crippen LogP contribution >= 0.6 is 0 Å². The van der Waals surface area contributed by atoms with Crippen LogP contribution in [0.3, 0.4) is 0 Å². The molecule has 0 aliphatic heterocycles. The van der Waals surface area contributed by atoms with Gasteiger partial charge in [0.05, 0.1) is 18.2 Å². The average molecular weight is 254 g/mol. The van der Waals surface area contributed by atoms with E-state index < -0.39 is 11.6 Å². The molecule has 18 heavy (non-hydrogen) atoms. The van der Waals surface area contributed by atoms with Crippen LogP contribution in [0.2, 0.25) is 0 Å². The van der Waals surface area contributed by atoms with E-state index in [1.54, 1.807) is 6.07 Å². The lowest BCUT2D eigenvalue weighted by Gasteiger charge is -2.09. The second kappa shape index (κ2) is 7.62. The van der Waals surface area contributed by atoms with Gasteiger partial charge in [0.25, 0.3) is 0 Å². The lowest BCUT2D eigenvalue weighted by Crippen LogP contribution is -2.12.